The van der Waals surface area contributed by atoms with Crippen molar-refractivity contribution >= 4 is 58.0 Å². The molecule has 0 saturated heterocycles. The second-order valence-electron chi connectivity index (χ2n) is 3.87. The maximum Gasteiger partial charge on any atom is 0.257 e. The van der Waals surface area contributed by atoms with Gasteiger partial charge in [-0.2, -0.15) is 0 Å². The third kappa shape index (κ3) is 3.30. The van der Waals surface area contributed by atoms with Crippen molar-refractivity contribution in [3.63, 3.8) is 0 Å². The fraction of sp³-hybridized carbons (Fsp3) is 0. The Morgan fingerprint density at radius 2 is 1.55 bits per heavy atom. The van der Waals surface area contributed by atoms with Crippen molar-refractivity contribution in [2.75, 3.05) is 5.32 Å². The van der Waals surface area contributed by atoms with Crippen LogP contribution in [0.4, 0.5) is 5.69 Å². The van der Waals surface area contributed by atoms with Gasteiger partial charge in [0, 0.05) is 10.7 Å². The van der Waals surface area contributed by atoms with Crippen molar-refractivity contribution in [1.29, 1.82) is 0 Å². The van der Waals surface area contributed by atoms with Gasteiger partial charge in [0.15, 0.2) is 5.75 Å². The Hall–Kier alpha value is -1.13. The number of phenolic OH excluding ortho intramolecular Hbond substituents is 1. The molecule has 0 heterocycles. The van der Waals surface area contributed by atoms with Gasteiger partial charge in [0.05, 0.1) is 20.6 Å². The van der Waals surface area contributed by atoms with E-state index in [-0.39, 0.29) is 26.4 Å². The quantitative estimate of drug-likeness (QED) is 0.726. The van der Waals surface area contributed by atoms with Gasteiger partial charge >= 0.3 is 0 Å². The van der Waals surface area contributed by atoms with Gasteiger partial charge in [-0.05, 0) is 30.3 Å². The molecule has 0 radical (unpaired) electrons. The Kier molecular flexibility index (Phi) is 4.66. The number of hydrogen-bond acceptors (Lipinski definition) is 2. The zero-order chi connectivity index (χ0) is 14.9. The van der Waals surface area contributed by atoms with Crippen molar-refractivity contribution in [1.82, 2.24) is 0 Å². The van der Waals surface area contributed by atoms with Crippen molar-refractivity contribution < 1.29 is 9.90 Å². The Labute approximate surface area is 135 Å². The lowest BCUT2D eigenvalue weighted by Gasteiger charge is -2.09. The topological polar surface area (TPSA) is 49.3 Å². The summed E-state index contributed by atoms with van der Waals surface area (Å²) in [7, 11) is 0. The molecule has 104 valence electrons. The van der Waals surface area contributed by atoms with Crippen molar-refractivity contribution in [3.8, 4) is 5.75 Å². The maximum atomic E-state index is 12.1. The van der Waals surface area contributed by atoms with Gasteiger partial charge in [-0.15, -0.1) is 0 Å². The molecule has 0 unspecified atom stereocenters. The normalized spacial score (nSPS) is 10.4. The van der Waals surface area contributed by atoms with Gasteiger partial charge < -0.3 is 10.4 Å². The second-order valence-corrected chi connectivity index (χ2v) is 5.52. The first-order chi connectivity index (χ1) is 9.38. The van der Waals surface area contributed by atoms with E-state index in [2.05, 4.69) is 5.32 Å². The first-order valence-corrected chi connectivity index (χ1v) is 6.84. The number of nitrogens with one attached hydrogen (secondary N) is 1. The highest BCUT2D eigenvalue weighted by Gasteiger charge is 2.13. The van der Waals surface area contributed by atoms with Crippen LogP contribution in [0.25, 0.3) is 0 Å². The number of amides is 1. The van der Waals surface area contributed by atoms with Crippen LogP contribution in [-0.4, -0.2) is 11.0 Å². The maximum absolute atomic E-state index is 12.1. The van der Waals surface area contributed by atoms with Crippen molar-refractivity contribution in [2.24, 2.45) is 0 Å². The molecule has 0 saturated carbocycles. The summed E-state index contributed by atoms with van der Waals surface area (Å²) in [4.78, 5) is 12.1. The van der Waals surface area contributed by atoms with Crippen LogP contribution in [0.15, 0.2) is 30.3 Å². The molecule has 1 amide bonds. The molecule has 0 aromatic heterocycles. The van der Waals surface area contributed by atoms with Gasteiger partial charge in [-0.25, -0.2) is 0 Å². The predicted octanol–water partition coefficient (Wildman–Crippen LogP) is 5.26. The number of rotatable bonds is 2. The van der Waals surface area contributed by atoms with Crippen LogP contribution >= 0.6 is 46.4 Å². The summed E-state index contributed by atoms with van der Waals surface area (Å²) in [6.45, 7) is 0. The van der Waals surface area contributed by atoms with E-state index in [0.717, 1.165) is 0 Å². The second kappa shape index (κ2) is 6.10. The molecule has 2 N–H and O–H groups in total. The number of phenols is 1. The van der Waals surface area contributed by atoms with Crippen LogP contribution in [0.3, 0.4) is 0 Å². The van der Waals surface area contributed by atoms with Crippen LogP contribution in [0.1, 0.15) is 10.4 Å². The molecule has 0 aliphatic carbocycles. The molecule has 0 bridgehead atoms. The molecule has 2 aromatic carbocycles. The summed E-state index contributed by atoms with van der Waals surface area (Å²) in [5.74, 6) is -0.706. The minimum atomic E-state index is -0.463. The molecule has 0 fully saturated rings. The molecule has 7 heteroatoms. The van der Waals surface area contributed by atoms with Crippen molar-refractivity contribution in [2.45, 2.75) is 0 Å². The number of benzene rings is 2. The van der Waals surface area contributed by atoms with Gasteiger partial charge in [0.2, 0.25) is 0 Å². The summed E-state index contributed by atoms with van der Waals surface area (Å²) < 4.78 is 0. The SMILES string of the molecule is O=C(Nc1cc(Cl)c(O)c(Cl)c1)c1cc(Cl)ccc1Cl. The number of carbonyl (C=O) groups is 1. The first-order valence-electron chi connectivity index (χ1n) is 5.33. The molecule has 0 aliphatic heterocycles. The van der Waals surface area contributed by atoms with E-state index in [0.29, 0.717) is 10.7 Å². The van der Waals surface area contributed by atoms with Crippen LogP contribution in [-0.2, 0) is 0 Å². The van der Waals surface area contributed by atoms with Gasteiger partial charge in [-0.1, -0.05) is 46.4 Å². The number of halogens is 4. The fourth-order valence-electron chi connectivity index (χ4n) is 1.51. The molecular weight excluding hydrogens is 344 g/mol. The van der Waals surface area contributed by atoms with E-state index in [4.69, 9.17) is 46.4 Å². The van der Waals surface area contributed by atoms with E-state index >= 15 is 0 Å². The summed E-state index contributed by atoms with van der Waals surface area (Å²) >= 11 is 23.3. The minimum Gasteiger partial charge on any atom is -0.505 e. The molecule has 2 rings (SSSR count). The Morgan fingerprint density at radius 3 is 2.15 bits per heavy atom. The van der Waals surface area contributed by atoms with Crippen molar-refractivity contribution in [3.05, 3.63) is 56.0 Å². The molecule has 0 atom stereocenters. The largest absolute Gasteiger partial charge is 0.505 e. The first kappa shape index (κ1) is 15.3. The van der Waals surface area contributed by atoms with E-state index < -0.39 is 5.91 Å². The van der Waals surface area contributed by atoms with E-state index in [1.807, 2.05) is 0 Å². The lowest BCUT2D eigenvalue weighted by Crippen LogP contribution is -2.12. The molecular formula is C13H7Cl4NO2. The Bertz CT molecular complexity index is 665. The monoisotopic (exact) mass is 349 g/mol. The number of hydrogen-bond donors (Lipinski definition) is 2. The third-order valence-corrected chi connectivity index (χ3v) is 3.59. The summed E-state index contributed by atoms with van der Waals surface area (Å²) in [6.07, 6.45) is 0. The number of carbonyl (C=O) groups excluding carboxylic acids is 1. The average molecular weight is 351 g/mol. The van der Waals surface area contributed by atoms with E-state index in [1.54, 1.807) is 6.07 Å². The highest BCUT2D eigenvalue weighted by molar-refractivity contribution is 6.38. The predicted molar refractivity (Wildman–Crippen MR) is 82.5 cm³/mol. The average Bonchev–Trinajstić information content (AvgIpc) is 2.38. The molecule has 3 nitrogen and oxygen atoms in total. The molecule has 0 aliphatic rings. The van der Waals surface area contributed by atoms with Gasteiger partial charge in [-0.3, -0.25) is 4.79 Å². The summed E-state index contributed by atoms with van der Waals surface area (Å²) in [5, 5.41) is 12.7. The highest BCUT2D eigenvalue weighted by atomic mass is 35.5. The highest BCUT2D eigenvalue weighted by Crippen LogP contribution is 2.35. The number of aromatic hydroxyl groups is 1. The molecule has 2 aromatic rings. The zero-order valence-corrected chi connectivity index (χ0v) is 12.8. The minimum absolute atomic E-state index is 0.0324. The Morgan fingerprint density at radius 1 is 0.950 bits per heavy atom. The van der Waals surface area contributed by atoms with Gasteiger partial charge in [0.25, 0.3) is 5.91 Å². The van der Waals surface area contributed by atoms with Gasteiger partial charge in [0.1, 0.15) is 0 Å². The van der Waals surface area contributed by atoms with Crippen LogP contribution in [0.2, 0.25) is 20.1 Å². The molecule has 0 spiro atoms. The van der Waals surface area contributed by atoms with Crippen LogP contribution in [0, 0.1) is 0 Å². The van der Waals surface area contributed by atoms with Crippen LogP contribution in [0.5, 0.6) is 5.75 Å². The fourth-order valence-corrected chi connectivity index (χ4v) is 2.37. The Balaban J connectivity index is 2.30. The number of anilines is 1. The molecule has 20 heavy (non-hydrogen) atoms. The zero-order valence-electron chi connectivity index (χ0n) is 9.75. The lowest BCUT2D eigenvalue weighted by molar-refractivity contribution is 0.102. The van der Waals surface area contributed by atoms with Crippen LogP contribution < -0.4 is 5.32 Å². The smallest absolute Gasteiger partial charge is 0.257 e. The summed E-state index contributed by atoms with van der Waals surface area (Å²) in [5.41, 5.74) is 0.554. The van der Waals surface area contributed by atoms with E-state index in [1.165, 1.54) is 24.3 Å². The summed E-state index contributed by atoms with van der Waals surface area (Å²) in [6, 6.07) is 7.30. The van der Waals surface area contributed by atoms with E-state index in [9.17, 15) is 9.90 Å². The lowest BCUT2D eigenvalue weighted by atomic mass is 10.2. The third-order valence-electron chi connectivity index (χ3n) is 2.45. The standard InChI is InChI=1S/C13H7Cl4NO2/c14-6-1-2-9(15)8(3-6)13(20)18-7-4-10(16)12(19)11(17)5-7/h1-5,19H,(H,18,20).